The molecule has 1 amide bonds. The van der Waals surface area contributed by atoms with Crippen LogP contribution in [0.15, 0.2) is 36.8 Å². The molecule has 0 radical (unpaired) electrons. The van der Waals surface area contributed by atoms with Crippen LogP contribution >= 0.6 is 0 Å². The number of hydrogen-bond acceptors (Lipinski definition) is 3. The first-order valence-corrected chi connectivity index (χ1v) is 11.5. The summed E-state index contributed by atoms with van der Waals surface area (Å²) in [4.78, 5) is 15.1. The number of likely N-dealkylation sites (tertiary alicyclic amines) is 1. The fourth-order valence-electron chi connectivity index (χ4n) is 5.24. The number of H-pyrrole nitrogens is 1. The SMILES string of the molecule is O=C(C1CCCCC1)N1CCCC(Cn2ncc3cc(-c4cn[nH]c4)ccc32)CC1. The van der Waals surface area contributed by atoms with E-state index in [2.05, 4.69) is 43.1 Å². The minimum absolute atomic E-state index is 0.287. The fraction of sp³-hybridized carbons (Fsp3) is 0.542. The Hall–Kier alpha value is -2.63. The van der Waals surface area contributed by atoms with Crippen LogP contribution in [-0.2, 0) is 11.3 Å². The highest BCUT2D eigenvalue weighted by molar-refractivity contribution is 5.84. The molecule has 0 spiro atoms. The summed E-state index contributed by atoms with van der Waals surface area (Å²) < 4.78 is 2.15. The van der Waals surface area contributed by atoms with Gasteiger partial charge in [-0.05, 0) is 55.7 Å². The van der Waals surface area contributed by atoms with Crippen LogP contribution in [0.25, 0.3) is 22.0 Å². The van der Waals surface area contributed by atoms with Crippen molar-refractivity contribution in [1.29, 1.82) is 0 Å². The summed E-state index contributed by atoms with van der Waals surface area (Å²) in [6, 6.07) is 6.49. The second-order valence-electron chi connectivity index (χ2n) is 9.04. The Morgan fingerprint density at radius 2 is 1.90 bits per heavy atom. The van der Waals surface area contributed by atoms with Crippen LogP contribution < -0.4 is 0 Å². The molecular weight excluding hydrogens is 374 g/mol. The molecule has 30 heavy (non-hydrogen) atoms. The third-order valence-corrected chi connectivity index (χ3v) is 7.02. The maximum Gasteiger partial charge on any atom is 0.225 e. The van der Waals surface area contributed by atoms with Crippen LogP contribution in [0.1, 0.15) is 51.4 Å². The number of benzene rings is 1. The van der Waals surface area contributed by atoms with E-state index in [0.29, 0.717) is 11.8 Å². The van der Waals surface area contributed by atoms with E-state index in [1.807, 2.05) is 18.6 Å². The Labute approximate surface area is 177 Å². The molecule has 1 aliphatic heterocycles. The van der Waals surface area contributed by atoms with Gasteiger partial charge < -0.3 is 4.90 Å². The number of aromatic amines is 1. The highest BCUT2D eigenvalue weighted by Gasteiger charge is 2.28. The molecule has 1 N–H and O–H groups in total. The van der Waals surface area contributed by atoms with Crippen LogP contribution in [-0.4, -0.2) is 43.9 Å². The zero-order valence-electron chi connectivity index (χ0n) is 17.6. The van der Waals surface area contributed by atoms with E-state index >= 15 is 0 Å². The maximum absolute atomic E-state index is 12.9. The van der Waals surface area contributed by atoms with Crippen molar-refractivity contribution in [3.8, 4) is 11.1 Å². The molecule has 6 nitrogen and oxygen atoms in total. The van der Waals surface area contributed by atoms with Crippen molar-refractivity contribution in [1.82, 2.24) is 24.9 Å². The van der Waals surface area contributed by atoms with Gasteiger partial charge in [-0.15, -0.1) is 0 Å². The standard InChI is InChI=1S/C24H31N5O/c30-24(19-6-2-1-3-7-19)28-11-4-5-18(10-12-28)17-29-23-9-8-20(13-21(23)16-27-29)22-14-25-26-15-22/h8-9,13-16,18-19H,1-7,10-12,17H2,(H,25,26). The van der Waals surface area contributed by atoms with E-state index in [1.54, 1.807) is 0 Å². The van der Waals surface area contributed by atoms with Crippen molar-refractivity contribution in [2.45, 2.75) is 57.9 Å². The van der Waals surface area contributed by atoms with E-state index < -0.39 is 0 Å². The lowest BCUT2D eigenvalue weighted by molar-refractivity contribution is -0.136. The van der Waals surface area contributed by atoms with Crippen molar-refractivity contribution in [3.05, 3.63) is 36.8 Å². The van der Waals surface area contributed by atoms with Gasteiger partial charge in [0, 0.05) is 42.7 Å². The van der Waals surface area contributed by atoms with Crippen molar-refractivity contribution in [2.75, 3.05) is 13.1 Å². The number of nitrogens with one attached hydrogen (secondary N) is 1. The zero-order valence-corrected chi connectivity index (χ0v) is 17.6. The summed E-state index contributed by atoms with van der Waals surface area (Å²) in [5, 5.41) is 12.8. The highest BCUT2D eigenvalue weighted by Crippen LogP contribution is 2.29. The number of fused-ring (bicyclic) bond motifs is 1. The largest absolute Gasteiger partial charge is 0.342 e. The molecule has 1 saturated heterocycles. The van der Waals surface area contributed by atoms with Crippen molar-refractivity contribution < 1.29 is 4.79 Å². The summed E-state index contributed by atoms with van der Waals surface area (Å²) in [5.41, 5.74) is 3.43. The molecule has 3 heterocycles. The minimum Gasteiger partial charge on any atom is -0.342 e. The van der Waals surface area contributed by atoms with Gasteiger partial charge in [-0.25, -0.2) is 0 Å². The van der Waals surface area contributed by atoms with Crippen molar-refractivity contribution in [2.24, 2.45) is 11.8 Å². The molecule has 1 saturated carbocycles. The summed E-state index contributed by atoms with van der Waals surface area (Å²) >= 11 is 0. The van der Waals surface area contributed by atoms with Gasteiger partial charge in [-0.1, -0.05) is 25.3 Å². The Kier molecular flexibility index (Phi) is 5.56. The number of carbonyl (C=O) groups is 1. The molecule has 1 unspecified atom stereocenters. The summed E-state index contributed by atoms with van der Waals surface area (Å²) in [6.45, 7) is 2.77. The monoisotopic (exact) mass is 405 g/mol. The molecule has 1 atom stereocenters. The highest BCUT2D eigenvalue weighted by atomic mass is 16.2. The second-order valence-corrected chi connectivity index (χ2v) is 9.04. The lowest BCUT2D eigenvalue weighted by Gasteiger charge is -2.28. The fourth-order valence-corrected chi connectivity index (χ4v) is 5.24. The smallest absolute Gasteiger partial charge is 0.225 e. The van der Waals surface area contributed by atoms with Crippen LogP contribution in [0.5, 0.6) is 0 Å². The molecule has 2 aromatic heterocycles. The molecule has 158 valence electrons. The third-order valence-electron chi connectivity index (χ3n) is 7.02. The van der Waals surface area contributed by atoms with Gasteiger partial charge in [0.25, 0.3) is 0 Å². The van der Waals surface area contributed by atoms with Crippen LogP contribution in [0.2, 0.25) is 0 Å². The van der Waals surface area contributed by atoms with Crippen LogP contribution in [0.3, 0.4) is 0 Å². The molecule has 6 heteroatoms. The molecular formula is C24H31N5O. The Morgan fingerprint density at radius 3 is 2.73 bits per heavy atom. The number of nitrogens with zero attached hydrogens (tertiary/aromatic N) is 4. The zero-order chi connectivity index (χ0) is 20.3. The van der Waals surface area contributed by atoms with Gasteiger partial charge in [-0.3, -0.25) is 14.6 Å². The normalized spacial score (nSPS) is 21.1. The van der Waals surface area contributed by atoms with Crippen molar-refractivity contribution >= 4 is 16.8 Å². The average molecular weight is 406 g/mol. The molecule has 1 aromatic carbocycles. The molecule has 5 rings (SSSR count). The molecule has 0 bridgehead atoms. The average Bonchev–Trinajstić information content (AvgIpc) is 3.40. The second kappa shape index (κ2) is 8.62. The van der Waals surface area contributed by atoms with Crippen LogP contribution in [0, 0.1) is 11.8 Å². The van der Waals surface area contributed by atoms with E-state index in [4.69, 9.17) is 0 Å². The summed E-state index contributed by atoms with van der Waals surface area (Å²) in [7, 11) is 0. The van der Waals surface area contributed by atoms with Gasteiger partial charge in [0.15, 0.2) is 0 Å². The van der Waals surface area contributed by atoms with E-state index in [1.165, 1.54) is 31.2 Å². The first kappa shape index (κ1) is 19.3. The molecule has 1 aliphatic carbocycles. The summed E-state index contributed by atoms with van der Waals surface area (Å²) in [6.07, 6.45) is 15.0. The first-order chi connectivity index (χ1) is 14.8. The van der Waals surface area contributed by atoms with Gasteiger partial charge >= 0.3 is 0 Å². The Balaban J connectivity index is 1.24. The maximum atomic E-state index is 12.9. The molecule has 2 aliphatic rings. The number of rotatable bonds is 4. The Morgan fingerprint density at radius 1 is 1.00 bits per heavy atom. The number of hydrogen-bond donors (Lipinski definition) is 1. The lowest BCUT2D eigenvalue weighted by atomic mass is 9.88. The van der Waals surface area contributed by atoms with E-state index in [9.17, 15) is 4.79 Å². The topological polar surface area (TPSA) is 66.8 Å². The number of amides is 1. The number of aromatic nitrogens is 4. The van der Waals surface area contributed by atoms with Gasteiger partial charge in [0.05, 0.1) is 17.9 Å². The van der Waals surface area contributed by atoms with E-state index in [-0.39, 0.29) is 5.92 Å². The Bertz CT molecular complexity index is 986. The third kappa shape index (κ3) is 4.00. The lowest BCUT2D eigenvalue weighted by Crippen LogP contribution is -2.37. The summed E-state index contributed by atoms with van der Waals surface area (Å²) in [5.74, 6) is 1.28. The molecule has 2 fully saturated rings. The van der Waals surface area contributed by atoms with E-state index in [0.717, 1.165) is 61.8 Å². The van der Waals surface area contributed by atoms with Gasteiger partial charge in [-0.2, -0.15) is 10.2 Å². The number of carbonyl (C=O) groups excluding carboxylic acids is 1. The quantitative estimate of drug-likeness (QED) is 0.688. The minimum atomic E-state index is 0.287. The van der Waals surface area contributed by atoms with Gasteiger partial charge in [0.2, 0.25) is 5.91 Å². The predicted molar refractivity (Wildman–Crippen MR) is 118 cm³/mol. The first-order valence-electron chi connectivity index (χ1n) is 11.5. The predicted octanol–water partition coefficient (Wildman–Crippen LogP) is 4.64. The van der Waals surface area contributed by atoms with Crippen molar-refractivity contribution in [3.63, 3.8) is 0 Å². The van der Waals surface area contributed by atoms with Gasteiger partial charge in [0.1, 0.15) is 0 Å². The molecule has 3 aromatic rings. The van der Waals surface area contributed by atoms with Crippen LogP contribution in [0.4, 0.5) is 0 Å².